The lowest BCUT2D eigenvalue weighted by molar-refractivity contribution is -0.147. The predicted molar refractivity (Wildman–Crippen MR) is 117 cm³/mol. The zero-order valence-electron chi connectivity index (χ0n) is 16.3. The van der Waals surface area contributed by atoms with Crippen molar-refractivity contribution < 1.29 is 23.5 Å². The van der Waals surface area contributed by atoms with Gasteiger partial charge in [0.15, 0.2) is 5.79 Å². The molecule has 1 fully saturated rings. The number of carbonyl (C=O) groups excluding carboxylic acids is 1. The molecule has 30 heavy (non-hydrogen) atoms. The van der Waals surface area contributed by atoms with Gasteiger partial charge in [0.05, 0.1) is 35.3 Å². The van der Waals surface area contributed by atoms with Gasteiger partial charge in [-0.3, -0.25) is 14.7 Å². The minimum atomic E-state index is -0.668. The molecule has 0 saturated carbocycles. The Kier molecular flexibility index (Phi) is 5.91. The highest BCUT2D eigenvalue weighted by Gasteiger charge is 2.33. The largest absolute Gasteiger partial charge is 0.352 e. The fourth-order valence-electron chi connectivity index (χ4n) is 3.17. The standard InChI is InChI=1S/C20H20FIN4O4/c1-20(2)28-9-12(30-20)10-29-26-19(27)13-4-6-16-14(8-23-25-16)18(13)24-17-5-3-11(22)7-15(17)21/h3-8,12,24H,9-10H2,1-2H3,(H,23,25)(H,26,27)/t12-/m1/s1. The number of amides is 1. The first-order valence-electron chi connectivity index (χ1n) is 9.24. The number of fused-ring (bicyclic) bond motifs is 1. The van der Waals surface area contributed by atoms with Gasteiger partial charge in [0.2, 0.25) is 0 Å². The van der Waals surface area contributed by atoms with E-state index in [0.717, 1.165) is 3.57 Å². The molecule has 1 atom stereocenters. The lowest BCUT2D eigenvalue weighted by atomic mass is 10.1. The number of H-pyrrole nitrogens is 1. The lowest BCUT2D eigenvalue weighted by Gasteiger charge is -2.17. The van der Waals surface area contributed by atoms with Crippen LogP contribution < -0.4 is 10.8 Å². The normalized spacial score (nSPS) is 17.9. The second kappa shape index (κ2) is 8.46. The third-order valence-corrected chi connectivity index (χ3v) is 5.23. The highest BCUT2D eigenvalue weighted by Crippen LogP contribution is 2.31. The fourth-order valence-corrected chi connectivity index (χ4v) is 3.62. The summed E-state index contributed by atoms with van der Waals surface area (Å²) in [5, 5.41) is 10.5. The molecule has 0 bridgehead atoms. The Hall–Kier alpha value is -2.28. The number of ether oxygens (including phenoxy) is 2. The van der Waals surface area contributed by atoms with Crippen LogP contribution in [0.15, 0.2) is 36.5 Å². The monoisotopic (exact) mass is 526 g/mol. The van der Waals surface area contributed by atoms with Gasteiger partial charge in [0, 0.05) is 8.96 Å². The molecule has 1 aromatic heterocycles. The van der Waals surface area contributed by atoms with Crippen LogP contribution in [0.5, 0.6) is 0 Å². The molecule has 158 valence electrons. The Balaban J connectivity index is 1.53. The second-order valence-electron chi connectivity index (χ2n) is 7.26. The third kappa shape index (κ3) is 4.56. The number of benzene rings is 2. The van der Waals surface area contributed by atoms with Crippen molar-refractivity contribution in [3.05, 3.63) is 51.5 Å². The topological polar surface area (TPSA) is 97.5 Å². The maximum absolute atomic E-state index is 14.4. The smallest absolute Gasteiger partial charge is 0.276 e. The van der Waals surface area contributed by atoms with Crippen LogP contribution in [0.2, 0.25) is 0 Å². The molecule has 0 spiro atoms. The molecule has 3 N–H and O–H groups in total. The quantitative estimate of drug-likeness (QED) is 0.334. The molecular weight excluding hydrogens is 506 g/mol. The van der Waals surface area contributed by atoms with Crippen LogP contribution in [0.3, 0.4) is 0 Å². The van der Waals surface area contributed by atoms with Crippen molar-refractivity contribution in [3.63, 3.8) is 0 Å². The van der Waals surface area contributed by atoms with E-state index in [4.69, 9.17) is 14.3 Å². The third-order valence-electron chi connectivity index (χ3n) is 4.56. The van der Waals surface area contributed by atoms with E-state index >= 15 is 0 Å². The molecular formula is C20H20FIN4O4. The van der Waals surface area contributed by atoms with E-state index in [-0.39, 0.29) is 24.0 Å². The number of rotatable bonds is 6. The Morgan fingerprint density at radius 2 is 2.23 bits per heavy atom. The minimum Gasteiger partial charge on any atom is -0.352 e. The number of carbonyl (C=O) groups is 1. The Bertz CT molecular complexity index is 1090. The van der Waals surface area contributed by atoms with E-state index < -0.39 is 17.5 Å². The summed E-state index contributed by atoms with van der Waals surface area (Å²) in [4.78, 5) is 18.1. The van der Waals surface area contributed by atoms with E-state index in [1.54, 1.807) is 30.5 Å². The van der Waals surface area contributed by atoms with Gasteiger partial charge in [0.25, 0.3) is 5.91 Å². The molecule has 2 aromatic carbocycles. The SMILES string of the molecule is CC1(C)OC[C@H](CONC(=O)c2ccc3[nH]ncc3c2Nc2ccc(I)cc2F)O1. The van der Waals surface area contributed by atoms with Gasteiger partial charge in [-0.15, -0.1) is 0 Å². The summed E-state index contributed by atoms with van der Waals surface area (Å²) in [5.41, 5.74) is 4.08. The van der Waals surface area contributed by atoms with E-state index in [1.807, 2.05) is 36.4 Å². The van der Waals surface area contributed by atoms with Crippen molar-refractivity contribution in [2.24, 2.45) is 0 Å². The van der Waals surface area contributed by atoms with Gasteiger partial charge < -0.3 is 14.8 Å². The lowest BCUT2D eigenvalue weighted by Crippen LogP contribution is -2.30. The van der Waals surface area contributed by atoms with Gasteiger partial charge in [0.1, 0.15) is 18.5 Å². The van der Waals surface area contributed by atoms with Gasteiger partial charge in [-0.05, 0) is 66.8 Å². The number of anilines is 2. The molecule has 1 aliphatic heterocycles. The number of aromatic amines is 1. The van der Waals surface area contributed by atoms with E-state index in [0.29, 0.717) is 23.2 Å². The summed E-state index contributed by atoms with van der Waals surface area (Å²) in [6.45, 7) is 4.14. The Labute approximate surface area is 185 Å². The van der Waals surface area contributed by atoms with Gasteiger partial charge in [-0.25, -0.2) is 9.87 Å². The Morgan fingerprint density at radius 1 is 1.40 bits per heavy atom. The summed E-state index contributed by atoms with van der Waals surface area (Å²) in [6.07, 6.45) is 1.29. The number of hydrogen-bond donors (Lipinski definition) is 3. The van der Waals surface area contributed by atoms with Crippen molar-refractivity contribution in [1.82, 2.24) is 15.7 Å². The second-order valence-corrected chi connectivity index (χ2v) is 8.51. The van der Waals surface area contributed by atoms with Crippen LogP contribution in [-0.2, 0) is 14.3 Å². The number of nitrogens with zero attached hydrogens (tertiary/aromatic N) is 1. The zero-order chi connectivity index (χ0) is 21.3. The molecule has 0 unspecified atom stereocenters. The van der Waals surface area contributed by atoms with Crippen LogP contribution in [-0.4, -0.2) is 41.2 Å². The molecule has 1 aliphatic rings. The van der Waals surface area contributed by atoms with Crippen LogP contribution in [0.25, 0.3) is 10.9 Å². The van der Waals surface area contributed by atoms with Crippen LogP contribution in [0.4, 0.5) is 15.8 Å². The molecule has 4 rings (SSSR count). The number of hydrogen-bond acceptors (Lipinski definition) is 6. The van der Waals surface area contributed by atoms with E-state index in [9.17, 15) is 9.18 Å². The molecule has 2 heterocycles. The van der Waals surface area contributed by atoms with Gasteiger partial charge >= 0.3 is 0 Å². The van der Waals surface area contributed by atoms with Crippen molar-refractivity contribution in [1.29, 1.82) is 0 Å². The number of aromatic nitrogens is 2. The predicted octanol–water partition coefficient (Wildman–Crippen LogP) is 3.86. The van der Waals surface area contributed by atoms with E-state index in [1.165, 1.54) is 6.07 Å². The van der Waals surface area contributed by atoms with Crippen LogP contribution in [0.1, 0.15) is 24.2 Å². The summed E-state index contributed by atoms with van der Waals surface area (Å²) in [7, 11) is 0. The number of hydroxylamine groups is 1. The molecule has 8 nitrogen and oxygen atoms in total. The highest BCUT2D eigenvalue weighted by atomic mass is 127. The highest BCUT2D eigenvalue weighted by molar-refractivity contribution is 14.1. The van der Waals surface area contributed by atoms with Gasteiger partial charge in [-0.1, -0.05) is 0 Å². The molecule has 1 saturated heterocycles. The average Bonchev–Trinajstić information content (AvgIpc) is 3.30. The van der Waals surface area contributed by atoms with Gasteiger partial charge in [-0.2, -0.15) is 5.10 Å². The van der Waals surface area contributed by atoms with Crippen molar-refractivity contribution in [2.45, 2.75) is 25.7 Å². The minimum absolute atomic E-state index is 0.137. The fraction of sp³-hybridized carbons (Fsp3) is 0.300. The van der Waals surface area contributed by atoms with Crippen molar-refractivity contribution >= 4 is 50.8 Å². The first-order valence-corrected chi connectivity index (χ1v) is 10.3. The maximum atomic E-state index is 14.4. The number of nitrogens with one attached hydrogen (secondary N) is 3. The molecule has 0 aliphatic carbocycles. The van der Waals surface area contributed by atoms with Crippen LogP contribution in [0, 0.1) is 9.39 Å². The summed E-state index contributed by atoms with van der Waals surface area (Å²) in [5.74, 6) is -1.57. The van der Waals surface area contributed by atoms with Crippen molar-refractivity contribution in [2.75, 3.05) is 18.5 Å². The van der Waals surface area contributed by atoms with Crippen LogP contribution >= 0.6 is 22.6 Å². The Morgan fingerprint density at radius 3 is 2.97 bits per heavy atom. The molecule has 1 amide bonds. The zero-order valence-corrected chi connectivity index (χ0v) is 18.4. The first kappa shape index (κ1) is 21.0. The van der Waals surface area contributed by atoms with Crippen molar-refractivity contribution in [3.8, 4) is 0 Å². The average molecular weight is 526 g/mol. The van der Waals surface area contributed by atoms with E-state index in [2.05, 4.69) is 21.0 Å². The maximum Gasteiger partial charge on any atom is 0.276 e. The molecule has 0 radical (unpaired) electrons. The summed E-state index contributed by atoms with van der Waals surface area (Å²) >= 11 is 2.03. The first-order chi connectivity index (χ1) is 14.3. The summed E-state index contributed by atoms with van der Waals surface area (Å²) in [6, 6.07) is 8.14. The molecule has 10 heteroatoms. The number of halogens is 2. The molecule has 3 aromatic rings. The summed E-state index contributed by atoms with van der Waals surface area (Å²) < 4.78 is 26.3.